The van der Waals surface area contributed by atoms with Gasteiger partial charge < -0.3 is 0 Å². The van der Waals surface area contributed by atoms with Crippen molar-refractivity contribution >= 4 is 34.2 Å². The molecule has 0 saturated carbocycles. The summed E-state index contributed by atoms with van der Waals surface area (Å²) in [5.74, 6) is 0. The normalized spacial score (nSPS) is 11.1. The summed E-state index contributed by atoms with van der Waals surface area (Å²) in [5, 5.41) is 15.9. The molecule has 3 rings (SSSR count). The zero-order chi connectivity index (χ0) is 12.7. The highest BCUT2D eigenvalue weighted by molar-refractivity contribution is 6.37. The van der Waals surface area contributed by atoms with Crippen molar-refractivity contribution in [2.75, 3.05) is 0 Å². The van der Waals surface area contributed by atoms with Crippen LogP contribution in [0.25, 0.3) is 16.7 Å². The zero-order valence-corrected chi connectivity index (χ0v) is 10.8. The molecular formula is C11H7Cl2N5. The van der Waals surface area contributed by atoms with E-state index in [1.54, 1.807) is 4.68 Å². The highest BCUT2D eigenvalue weighted by atomic mass is 35.5. The van der Waals surface area contributed by atoms with E-state index in [1.165, 1.54) is 0 Å². The van der Waals surface area contributed by atoms with E-state index in [-0.39, 0.29) is 10.3 Å². The standard InChI is InChI=1S/C11H7Cl2N5/c1-6-2-4-7(5-3-6)18-9-8(14-17-18)10(12)15-16-11(9)13/h2-5H,1H3. The number of halogens is 2. The van der Waals surface area contributed by atoms with Crippen LogP contribution in [0.1, 0.15) is 5.56 Å². The second-order valence-electron chi connectivity index (χ2n) is 3.82. The summed E-state index contributed by atoms with van der Waals surface area (Å²) in [7, 11) is 0. The summed E-state index contributed by atoms with van der Waals surface area (Å²) in [6, 6.07) is 7.81. The number of fused-ring (bicyclic) bond motifs is 1. The van der Waals surface area contributed by atoms with Crippen molar-refractivity contribution in [3.8, 4) is 5.69 Å². The Labute approximate surface area is 112 Å². The quantitative estimate of drug-likeness (QED) is 0.687. The van der Waals surface area contributed by atoms with Crippen LogP contribution >= 0.6 is 23.2 Å². The molecule has 0 fully saturated rings. The molecular weight excluding hydrogens is 273 g/mol. The highest BCUT2D eigenvalue weighted by Crippen LogP contribution is 2.25. The second kappa shape index (κ2) is 4.19. The van der Waals surface area contributed by atoms with Gasteiger partial charge in [-0.2, -0.15) is 0 Å². The fourth-order valence-electron chi connectivity index (χ4n) is 1.66. The molecule has 0 saturated heterocycles. The van der Waals surface area contributed by atoms with Crippen LogP contribution in [0.15, 0.2) is 24.3 Å². The van der Waals surface area contributed by atoms with Gasteiger partial charge in [0.2, 0.25) is 0 Å². The van der Waals surface area contributed by atoms with Crippen LogP contribution in [0.4, 0.5) is 0 Å². The van der Waals surface area contributed by atoms with Gasteiger partial charge in [0, 0.05) is 0 Å². The van der Waals surface area contributed by atoms with E-state index in [9.17, 15) is 0 Å². The molecule has 0 aliphatic rings. The Morgan fingerprint density at radius 2 is 1.61 bits per heavy atom. The summed E-state index contributed by atoms with van der Waals surface area (Å²) in [6.07, 6.45) is 0. The number of hydrogen-bond acceptors (Lipinski definition) is 4. The summed E-state index contributed by atoms with van der Waals surface area (Å²) >= 11 is 11.9. The molecule has 0 aliphatic carbocycles. The average molecular weight is 280 g/mol. The first kappa shape index (κ1) is 11.4. The summed E-state index contributed by atoms with van der Waals surface area (Å²) in [6.45, 7) is 2.01. The lowest BCUT2D eigenvalue weighted by Crippen LogP contribution is -1.98. The van der Waals surface area contributed by atoms with Gasteiger partial charge in [-0.25, -0.2) is 4.68 Å². The molecule has 90 valence electrons. The number of rotatable bonds is 1. The van der Waals surface area contributed by atoms with E-state index in [2.05, 4.69) is 20.5 Å². The number of aromatic nitrogens is 5. The van der Waals surface area contributed by atoms with Gasteiger partial charge in [0.25, 0.3) is 0 Å². The van der Waals surface area contributed by atoms with Crippen molar-refractivity contribution in [2.45, 2.75) is 6.92 Å². The largest absolute Gasteiger partial charge is 0.209 e. The Kier molecular flexibility index (Phi) is 2.65. The molecule has 2 heterocycles. The molecule has 2 aromatic heterocycles. The van der Waals surface area contributed by atoms with Gasteiger partial charge in [0.15, 0.2) is 15.8 Å². The molecule has 0 amide bonds. The lowest BCUT2D eigenvalue weighted by molar-refractivity contribution is 0.823. The maximum atomic E-state index is 6.02. The van der Waals surface area contributed by atoms with E-state index in [1.807, 2.05) is 31.2 Å². The molecule has 0 bridgehead atoms. The monoisotopic (exact) mass is 279 g/mol. The predicted molar refractivity (Wildman–Crippen MR) is 69.2 cm³/mol. The average Bonchev–Trinajstić information content (AvgIpc) is 2.81. The van der Waals surface area contributed by atoms with Crippen LogP contribution < -0.4 is 0 Å². The van der Waals surface area contributed by atoms with E-state index in [4.69, 9.17) is 23.2 Å². The topological polar surface area (TPSA) is 56.5 Å². The fraction of sp³-hybridized carbons (Fsp3) is 0.0909. The number of aryl methyl sites for hydroxylation is 1. The van der Waals surface area contributed by atoms with Crippen molar-refractivity contribution in [2.24, 2.45) is 0 Å². The van der Waals surface area contributed by atoms with Crippen LogP contribution in [-0.4, -0.2) is 25.2 Å². The van der Waals surface area contributed by atoms with Crippen LogP contribution in [0, 0.1) is 6.92 Å². The van der Waals surface area contributed by atoms with E-state index >= 15 is 0 Å². The molecule has 0 atom stereocenters. The third kappa shape index (κ3) is 1.72. The molecule has 5 nitrogen and oxygen atoms in total. The van der Waals surface area contributed by atoms with Crippen LogP contribution in [0.5, 0.6) is 0 Å². The van der Waals surface area contributed by atoms with Gasteiger partial charge in [0.1, 0.15) is 5.52 Å². The van der Waals surface area contributed by atoms with Crippen molar-refractivity contribution in [3.05, 3.63) is 40.1 Å². The molecule has 0 radical (unpaired) electrons. The maximum absolute atomic E-state index is 6.02. The zero-order valence-electron chi connectivity index (χ0n) is 9.30. The smallest absolute Gasteiger partial charge is 0.181 e. The van der Waals surface area contributed by atoms with Crippen molar-refractivity contribution in [1.82, 2.24) is 25.2 Å². The Balaban J connectivity index is 2.30. The third-order valence-corrected chi connectivity index (χ3v) is 3.07. The highest BCUT2D eigenvalue weighted by Gasteiger charge is 2.15. The predicted octanol–water partition coefficient (Wildman–Crippen LogP) is 2.83. The van der Waals surface area contributed by atoms with Gasteiger partial charge in [0.05, 0.1) is 5.69 Å². The number of nitrogens with zero attached hydrogens (tertiary/aromatic N) is 5. The van der Waals surface area contributed by atoms with Gasteiger partial charge in [-0.15, -0.1) is 15.3 Å². The molecule has 7 heteroatoms. The third-order valence-electron chi connectivity index (χ3n) is 2.57. The fourth-order valence-corrected chi connectivity index (χ4v) is 2.03. The van der Waals surface area contributed by atoms with Crippen molar-refractivity contribution in [3.63, 3.8) is 0 Å². The van der Waals surface area contributed by atoms with Gasteiger partial charge in [-0.1, -0.05) is 46.1 Å². The van der Waals surface area contributed by atoms with Gasteiger partial charge >= 0.3 is 0 Å². The van der Waals surface area contributed by atoms with Crippen molar-refractivity contribution < 1.29 is 0 Å². The van der Waals surface area contributed by atoms with Crippen LogP contribution in [0.3, 0.4) is 0 Å². The second-order valence-corrected chi connectivity index (χ2v) is 4.53. The minimum atomic E-state index is 0.188. The number of hydrogen-bond donors (Lipinski definition) is 0. The van der Waals surface area contributed by atoms with E-state index in [0.717, 1.165) is 11.3 Å². The Bertz CT molecular complexity index is 720. The summed E-state index contributed by atoms with van der Waals surface area (Å²) < 4.78 is 1.59. The van der Waals surface area contributed by atoms with E-state index < -0.39 is 0 Å². The molecule has 0 N–H and O–H groups in total. The number of benzene rings is 1. The Morgan fingerprint density at radius 1 is 0.944 bits per heavy atom. The molecule has 18 heavy (non-hydrogen) atoms. The minimum absolute atomic E-state index is 0.188. The Morgan fingerprint density at radius 3 is 2.33 bits per heavy atom. The summed E-state index contributed by atoms with van der Waals surface area (Å²) in [4.78, 5) is 0. The molecule has 3 aromatic rings. The molecule has 0 spiro atoms. The first-order valence-electron chi connectivity index (χ1n) is 5.17. The lowest BCUT2D eigenvalue weighted by atomic mass is 10.2. The van der Waals surface area contributed by atoms with Gasteiger partial charge in [-0.05, 0) is 19.1 Å². The molecule has 0 unspecified atom stereocenters. The van der Waals surface area contributed by atoms with E-state index in [0.29, 0.717) is 11.0 Å². The SMILES string of the molecule is Cc1ccc(-n2nnc3c(Cl)nnc(Cl)c32)cc1. The first-order chi connectivity index (χ1) is 8.66. The lowest BCUT2D eigenvalue weighted by Gasteiger charge is -2.03. The first-order valence-corrected chi connectivity index (χ1v) is 5.92. The van der Waals surface area contributed by atoms with Crippen LogP contribution in [-0.2, 0) is 0 Å². The minimum Gasteiger partial charge on any atom is -0.209 e. The molecule has 0 aliphatic heterocycles. The van der Waals surface area contributed by atoms with Gasteiger partial charge in [-0.3, -0.25) is 0 Å². The summed E-state index contributed by atoms with van der Waals surface area (Å²) in [5.41, 5.74) is 3.00. The van der Waals surface area contributed by atoms with Crippen molar-refractivity contribution in [1.29, 1.82) is 0 Å². The Hall–Kier alpha value is -1.72. The molecule has 1 aromatic carbocycles. The van der Waals surface area contributed by atoms with Crippen LogP contribution in [0.2, 0.25) is 10.3 Å². The maximum Gasteiger partial charge on any atom is 0.181 e.